The predicted octanol–water partition coefficient (Wildman–Crippen LogP) is 1.39. The second-order valence-corrected chi connectivity index (χ2v) is 2.66. The molecule has 1 aromatic carbocycles. The number of benzene rings is 1. The van der Waals surface area contributed by atoms with Crippen LogP contribution in [-0.4, -0.2) is 18.1 Å². The Morgan fingerprint density at radius 3 is 2.62 bits per heavy atom. The molecular formula is C9H12N2O2. The van der Waals surface area contributed by atoms with Gasteiger partial charge in [-0.15, -0.1) is 0 Å². The van der Waals surface area contributed by atoms with Gasteiger partial charge in [-0.25, -0.2) is 0 Å². The molecule has 0 heterocycles. The van der Waals surface area contributed by atoms with Gasteiger partial charge in [0.25, 0.3) is 0 Å². The van der Waals surface area contributed by atoms with Crippen LogP contribution in [-0.2, 0) is 4.79 Å². The summed E-state index contributed by atoms with van der Waals surface area (Å²) in [4.78, 5) is 10.7. The minimum absolute atomic E-state index is 0.0575. The van der Waals surface area contributed by atoms with Gasteiger partial charge in [0.1, 0.15) is 5.75 Å². The summed E-state index contributed by atoms with van der Waals surface area (Å²) in [6.07, 6.45) is 0. The fraction of sp³-hybridized carbons (Fsp3) is 0.222. The highest BCUT2D eigenvalue weighted by Crippen LogP contribution is 2.26. The molecule has 0 aliphatic heterocycles. The highest BCUT2D eigenvalue weighted by Gasteiger charge is 2.02. The molecule has 0 radical (unpaired) electrons. The predicted molar refractivity (Wildman–Crippen MR) is 52.0 cm³/mol. The quantitative estimate of drug-likeness (QED) is 0.603. The van der Waals surface area contributed by atoms with E-state index in [1.54, 1.807) is 25.2 Å². The van der Waals surface area contributed by atoms with Gasteiger partial charge in [0.05, 0.1) is 5.69 Å². The summed E-state index contributed by atoms with van der Waals surface area (Å²) >= 11 is 0. The van der Waals surface area contributed by atoms with Crippen molar-refractivity contribution in [2.75, 3.05) is 17.7 Å². The number of carbonyl (C=O) groups excluding carboxylic acids is 1. The fourth-order valence-corrected chi connectivity index (χ4v) is 0.983. The van der Waals surface area contributed by atoms with Gasteiger partial charge in [0, 0.05) is 25.7 Å². The lowest BCUT2D eigenvalue weighted by atomic mass is 10.2. The van der Waals surface area contributed by atoms with Crippen molar-refractivity contribution in [1.82, 2.24) is 0 Å². The van der Waals surface area contributed by atoms with Crippen LogP contribution in [0, 0.1) is 0 Å². The van der Waals surface area contributed by atoms with Crippen molar-refractivity contribution < 1.29 is 9.90 Å². The van der Waals surface area contributed by atoms with Crippen LogP contribution in [0.2, 0.25) is 0 Å². The van der Waals surface area contributed by atoms with Crippen LogP contribution in [0.5, 0.6) is 5.75 Å². The second kappa shape index (κ2) is 3.80. The van der Waals surface area contributed by atoms with Gasteiger partial charge in [-0.05, 0) is 12.1 Å². The zero-order valence-corrected chi connectivity index (χ0v) is 7.59. The standard InChI is InChI=1S/C9H12N2O2/c1-6(12)11-8-4-3-7(10-2)5-9(8)13/h3-5,10,13H,1-2H3,(H,11,12). The minimum atomic E-state index is -0.201. The molecule has 0 aliphatic carbocycles. The lowest BCUT2D eigenvalue weighted by Gasteiger charge is -2.06. The molecule has 0 bridgehead atoms. The van der Waals surface area contributed by atoms with Gasteiger partial charge < -0.3 is 15.7 Å². The maximum atomic E-state index is 10.7. The lowest BCUT2D eigenvalue weighted by Crippen LogP contribution is -2.05. The lowest BCUT2D eigenvalue weighted by molar-refractivity contribution is -0.114. The smallest absolute Gasteiger partial charge is 0.221 e. The number of amides is 1. The minimum Gasteiger partial charge on any atom is -0.506 e. The van der Waals surface area contributed by atoms with E-state index in [2.05, 4.69) is 10.6 Å². The van der Waals surface area contributed by atoms with E-state index < -0.39 is 0 Å². The van der Waals surface area contributed by atoms with Crippen molar-refractivity contribution in [3.05, 3.63) is 18.2 Å². The number of hydrogen-bond donors (Lipinski definition) is 3. The van der Waals surface area contributed by atoms with Crippen LogP contribution >= 0.6 is 0 Å². The molecule has 0 fully saturated rings. The number of anilines is 2. The highest BCUT2D eigenvalue weighted by atomic mass is 16.3. The van der Waals surface area contributed by atoms with Crippen LogP contribution in [0.1, 0.15) is 6.92 Å². The van der Waals surface area contributed by atoms with E-state index >= 15 is 0 Å². The Balaban J connectivity index is 2.91. The van der Waals surface area contributed by atoms with Crippen molar-refractivity contribution in [2.24, 2.45) is 0 Å². The summed E-state index contributed by atoms with van der Waals surface area (Å²) in [6, 6.07) is 4.96. The van der Waals surface area contributed by atoms with Crippen molar-refractivity contribution in [2.45, 2.75) is 6.92 Å². The van der Waals surface area contributed by atoms with E-state index in [1.807, 2.05) is 0 Å². The maximum Gasteiger partial charge on any atom is 0.221 e. The fourth-order valence-electron chi connectivity index (χ4n) is 0.983. The van der Waals surface area contributed by atoms with E-state index in [1.165, 1.54) is 6.92 Å². The number of nitrogens with one attached hydrogen (secondary N) is 2. The SMILES string of the molecule is CNc1ccc(NC(C)=O)c(O)c1. The van der Waals surface area contributed by atoms with Crippen LogP contribution in [0.25, 0.3) is 0 Å². The van der Waals surface area contributed by atoms with E-state index in [9.17, 15) is 9.90 Å². The average molecular weight is 180 g/mol. The van der Waals surface area contributed by atoms with Crippen molar-refractivity contribution in [1.29, 1.82) is 0 Å². The Bertz CT molecular complexity index is 323. The third kappa shape index (κ3) is 2.37. The molecule has 1 amide bonds. The van der Waals surface area contributed by atoms with Crippen molar-refractivity contribution in [3.8, 4) is 5.75 Å². The molecular weight excluding hydrogens is 168 g/mol. The Hall–Kier alpha value is -1.71. The number of phenolic OH excluding ortho intramolecular Hbond substituents is 1. The average Bonchev–Trinajstić information content (AvgIpc) is 2.08. The van der Waals surface area contributed by atoms with E-state index in [0.29, 0.717) is 5.69 Å². The summed E-state index contributed by atoms with van der Waals surface area (Å²) in [5.41, 5.74) is 1.22. The van der Waals surface area contributed by atoms with Crippen LogP contribution in [0.15, 0.2) is 18.2 Å². The van der Waals surface area contributed by atoms with Gasteiger partial charge in [0.2, 0.25) is 5.91 Å². The molecule has 13 heavy (non-hydrogen) atoms. The molecule has 0 atom stereocenters. The zero-order valence-electron chi connectivity index (χ0n) is 7.59. The van der Waals surface area contributed by atoms with Crippen LogP contribution in [0.3, 0.4) is 0 Å². The molecule has 1 rings (SSSR count). The largest absolute Gasteiger partial charge is 0.506 e. The molecule has 3 N–H and O–H groups in total. The molecule has 70 valence electrons. The Labute approximate surface area is 76.6 Å². The van der Waals surface area contributed by atoms with Gasteiger partial charge in [-0.2, -0.15) is 0 Å². The molecule has 0 saturated heterocycles. The van der Waals surface area contributed by atoms with Crippen molar-refractivity contribution in [3.63, 3.8) is 0 Å². The Morgan fingerprint density at radius 2 is 2.15 bits per heavy atom. The van der Waals surface area contributed by atoms with Crippen LogP contribution < -0.4 is 10.6 Å². The summed E-state index contributed by atoms with van der Waals surface area (Å²) in [6.45, 7) is 1.39. The molecule has 1 aromatic rings. The summed E-state index contributed by atoms with van der Waals surface area (Å²) < 4.78 is 0. The molecule has 0 aliphatic rings. The summed E-state index contributed by atoms with van der Waals surface area (Å²) in [7, 11) is 1.76. The van der Waals surface area contributed by atoms with Crippen LogP contribution in [0.4, 0.5) is 11.4 Å². The maximum absolute atomic E-state index is 10.7. The third-order valence-corrected chi connectivity index (χ3v) is 1.60. The first kappa shape index (κ1) is 9.38. The Kier molecular flexibility index (Phi) is 2.74. The summed E-state index contributed by atoms with van der Waals surface area (Å²) in [5, 5.41) is 14.8. The first-order valence-electron chi connectivity index (χ1n) is 3.92. The first-order chi connectivity index (χ1) is 6.13. The first-order valence-corrected chi connectivity index (χ1v) is 3.92. The molecule has 0 saturated carbocycles. The molecule has 0 unspecified atom stereocenters. The second-order valence-electron chi connectivity index (χ2n) is 2.66. The van der Waals surface area contributed by atoms with Crippen molar-refractivity contribution >= 4 is 17.3 Å². The molecule has 0 spiro atoms. The van der Waals surface area contributed by atoms with E-state index in [0.717, 1.165) is 5.69 Å². The zero-order chi connectivity index (χ0) is 9.84. The van der Waals surface area contributed by atoms with Gasteiger partial charge >= 0.3 is 0 Å². The van der Waals surface area contributed by atoms with Gasteiger partial charge in [-0.1, -0.05) is 0 Å². The Morgan fingerprint density at radius 1 is 1.46 bits per heavy atom. The molecule has 4 heteroatoms. The third-order valence-electron chi connectivity index (χ3n) is 1.60. The number of carbonyl (C=O) groups is 1. The molecule has 4 nitrogen and oxygen atoms in total. The number of rotatable bonds is 2. The highest BCUT2D eigenvalue weighted by molar-refractivity contribution is 5.90. The van der Waals surface area contributed by atoms with Gasteiger partial charge in [0.15, 0.2) is 0 Å². The number of aromatic hydroxyl groups is 1. The topological polar surface area (TPSA) is 61.4 Å². The normalized spacial score (nSPS) is 9.38. The number of hydrogen-bond acceptors (Lipinski definition) is 3. The molecule has 0 aromatic heterocycles. The summed E-state index contributed by atoms with van der Waals surface area (Å²) in [5.74, 6) is -0.144. The number of phenols is 1. The van der Waals surface area contributed by atoms with Gasteiger partial charge in [-0.3, -0.25) is 4.79 Å². The van der Waals surface area contributed by atoms with E-state index in [-0.39, 0.29) is 11.7 Å². The monoisotopic (exact) mass is 180 g/mol. The van der Waals surface area contributed by atoms with E-state index in [4.69, 9.17) is 0 Å².